The van der Waals surface area contributed by atoms with Gasteiger partial charge >= 0.3 is 0 Å². The van der Waals surface area contributed by atoms with Gasteiger partial charge in [-0.15, -0.1) is 0 Å². The Bertz CT molecular complexity index is 1240. The summed E-state index contributed by atoms with van der Waals surface area (Å²) >= 11 is 0. The lowest BCUT2D eigenvalue weighted by Gasteiger charge is -2.29. The second-order valence-electron chi connectivity index (χ2n) is 7.81. The van der Waals surface area contributed by atoms with Crippen LogP contribution >= 0.6 is 0 Å². The number of morpholine rings is 1. The van der Waals surface area contributed by atoms with Crippen LogP contribution < -0.4 is 10.2 Å². The molecule has 156 valence electrons. The summed E-state index contributed by atoms with van der Waals surface area (Å²) in [6.07, 6.45) is 1.81. The smallest absolute Gasteiger partial charge is 0.255 e. The summed E-state index contributed by atoms with van der Waals surface area (Å²) in [5.41, 5.74) is 6.73. The number of nitrogens with one attached hydrogen (secondary N) is 2. The van der Waals surface area contributed by atoms with Crippen LogP contribution in [0, 0.1) is 6.92 Å². The highest BCUT2D eigenvalue weighted by Crippen LogP contribution is 2.28. The van der Waals surface area contributed by atoms with Crippen molar-refractivity contribution in [2.45, 2.75) is 6.92 Å². The number of ether oxygens (including phenoxy) is 1. The number of aromatic nitrogens is 2. The van der Waals surface area contributed by atoms with Crippen LogP contribution in [0.1, 0.15) is 15.9 Å². The Kier molecular flexibility index (Phi) is 5.14. The number of fused-ring (bicyclic) bond motifs is 1. The minimum atomic E-state index is -0.121. The summed E-state index contributed by atoms with van der Waals surface area (Å²) in [5, 5.41) is 11.2. The second-order valence-corrected chi connectivity index (χ2v) is 7.81. The molecule has 1 aliphatic rings. The van der Waals surface area contributed by atoms with Gasteiger partial charge in [-0.3, -0.25) is 9.89 Å². The molecule has 0 radical (unpaired) electrons. The fraction of sp³-hybridized carbons (Fsp3) is 0.200. The van der Waals surface area contributed by atoms with Gasteiger partial charge in [0.05, 0.1) is 24.9 Å². The van der Waals surface area contributed by atoms with E-state index in [1.807, 2.05) is 48.7 Å². The van der Waals surface area contributed by atoms with Crippen molar-refractivity contribution in [3.8, 4) is 11.1 Å². The van der Waals surface area contributed by atoms with E-state index in [1.54, 1.807) is 0 Å². The topological polar surface area (TPSA) is 70.2 Å². The molecule has 1 aromatic heterocycles. The van der Waals surface area contributed by atoms with Gasteiger partial charge in [-0.05, 0) is 66.1 Å². The number of carbonyl (C=O) groups excluding carboxylic acids is 1. The van der Waals surface area contributed by atoms with Gasteiger partial charge in [0.15, 0.2) is 0 Å². The lowest BCUT2D eigenvalue weighted by molar-refractivity contribution is 0.102. The number of benzene rings is 3. The second kappa shape index (κ2) is 8.24. The van der Waals surface area contributed by atoms with Crippen LogP contribution in [0.15, 0.2) is 66.9 Å². The van der Waals surface area contributed by atoms with Crippen molar-refractivity contribution >= 4 is 28.2 Å². The molecule has 1 saturated heterocycles. The van der Waals surface area contributed by atoms with Crippen molar-refractivity contribution in [3.63, 3.8) is 0 Å². The number of anilines is 2. The van der Waals surface area contributed by atoms with Crippen LogP contribution in [0.4, 0.5) is 11.4 Å². The number of H-pyrrole nitrogens is 1. The third-order valence-corrected chi connectivity index (χ3v) is 5.73. The van der Waals surface area contributed by atoms with Gasteiger partial charge in [-0.25, -0.2) is 0 Å². The maximum Gasteiger partial charge on any atom is 0.255 e. The molecule has 0 aliphatic carbocycles. The molecule has 1 fully saturated rings. The Labute approximate surface area is 180 Å². The highest BCUT2D eigenvalue weighted by Gasteiger charge is 2.14. The molecule has 0 spiro atoms. The summed E-state index contributed by atoms with van der Waals surface area (Å²) < 4.78 is 5.43. The standard InChI is InChI=1S/C25H24N4O2/c1-17-5-6-19(14-23(17)18-7-8-24-20(13-18)16-26-28-24)25(30)27-21-3-2-4-22(15-21)29-9-11-31-12-10-29/h2-8,13-16H,9-12H2,1H3,(H,26,28)(H,27,30). The normalized spacial score (nSPS) is 14.0. The SMILES string of the molecule is Cc1ccc(C(=O)Nc2cccc(N3CCOCC3)c2)cc1-c1ccc2[nH]ncc2c1. The molecule has 0 unspecified atom stereocenters. The molecule has 1 amide bonds. The largest absolute Gasteiger partial charge is 0.378 e. The maximum absolute atomic E-state index is 13.0. The number of hydrogen-bond donors (Lipinski definition) is 2. The van der Waals surface area contributed by atoms with Crippen molar-refractivity contribution in [1.29, 1.82) is 0 Å². The quantitative estimate of drug-likeness (QED) is 0.513. The molecule has 0 atom stereocenters. The Balaban J connectivity index is 1.39. The summed E-state index contributed by atoms with van der Waals surface area (Å²) in [7, 11) is 0. The first-order valence-corrected chi connectivity index (χ1v) is 10.5. The molecule has 6 nitrogen and oxygen atoms in total. The molecule has 5 rings (SSSR count). The van der Waals surface area contributed by atoms with E-state index in [-0.39, 0.29) is 5.91 Å². The zero-order chi connectivity index (χ0) is 21.2. The summed E-state index contributed by atoms with van der Waals surface area (Å²) in [6, 6.07) is 20.0. The minimum absolute atomic E-state index is 0.121. The van der Waals surface area contributed by atoms with Gasteiger partial charge in [0.1, 0.15) is 0 Å². The highest BCUT2D eigenvalue weighted by atomic mass is 16.5. The lowest BCUT2D eigenvalue weighted by Crippen LogP contribution is -2.36. The zero-order valence-electron chi connectivity index (χ0n) is 17.4. The van der Waals surface area contributed by atoms with Gasteiger partial charge in [0.25, 0.3) is 5.91 Å². The van der Waals surface area contributed by atoms with Crippen LogP contribution in [-0.2, 0) is 4.74 Å². The number of amides is 1. The number of aryl methyl sites for hydroxylation is 1. The number of rotatable bonds is 4. The van der Waals surface area contributed by atoms with Crippen molar-refractivity contribution in [2.24, 2.45) is 0 Å². The number of carbonyl (C=O) groups is 1. The van der Waals surface area contributed by atoms with Gasteiger partial charge in [-0.1, -0.05) is 18.2 Å². The summed E-state index contributed by atoms with van der Waals surface area (Å²) in [5.74, 6) is -0.121. The Hall–Kier alpha value is -3.64. The number of aromatic amines is 1. The molecule has 0 bridgehead atoms. The third kappa shape index (κ3) is 4.02. The van der Waals surface area contributed by atoms with Crippen LogP contribution in [-0.4, -0.2) is 42.4 Å². The summed E-state index contributed by atoms with van der Waals surface area (Å²) in [6.45, 7) is 5.24. The van der Waals surface area contributed by atoms with E-state index in [9.17, 15) is 4.79 Å². The van der Waals surface area contributed by atoms with E-state index in [0.29, 0.717) is 5.56 Å². The van der Waals surface area contributed by atoms with Crippen molar-refractivity contribution in [3.05, 3.63) is 78.0 Å². The monoisotopic (exact) mass is 412 g/mol. The van der Waals surface area contributed by atoms with E-state index < -0.39 is 0 Å². The van der Waals surface area contributed by atoms with Gasteiger partial charge in [0, 0.05) is 35.4 Å². The van der Waals surface area contributed by atoms with Gasteiger partial charge < -0.3 is 15.0 Å². The van der Waals surface area contributed by atoms with E-state index >= 15 is 0 Å². The average molecular weight is 412 g/mol. The van der Waals surface area contributed by atoms with Crippen molar-refractivity contribution in [2.75, 3.05) is 36.5 Å². The number of hydrogen-bond acceptors (Lipinski definition) is 4. The van der Waals surface area contributed by atoms with E-state index in [4.69, 9.17) is 4.74 Å². The Morgan fingerprint density at radius 2 is 1.94 bits per heavy atom. The first-order valence-electron chi connectivity index (χ1n) is 10.5. The molecule has 1 aliphatic heterocycles. The molecule has 0 saturated carbocycles. The van der Waals surface area contributed by atoms with Gasteiger partial charge in [-0.2, -0.15) is 5.10 Å². The van der Waals surface area contributed by atoms with Crippen LogP contribution in [0.5, 0.6) is 0 Å². The Morgan fingerprint density at radius 3 is 2.81 bits per heavy atom. The molecule has 6 heteroatoms. The third-order valence-electron chi connectivity index (χ3n) is 5.73. The Morgan fingerprint density at radius 1 is 1.06 bits per heavy atom. The first-order chi connectivity index (χ1) is 15.2. The first kappa shape index (κ1) is 19.3. The zero-order valence-corrected chi connectivity index (χ0v) is 17.4. The van der Waals surface area contributed by atoms with Gasteiger partial charge in [0.2, 0.25) is 0 Å². The van der Waals surface area contributed by atoms with Crippen molar-refractivity contribution in [1.82, 2.24) is 10.2 Å². The van der Waals surface area contributed by atoms with Crippen LogP contribution in [0.25, 0.3) is 22.0 Å². The van der Waals surface area contributed by atoms with E-state index in [1.165, 1.54) is 0 Å². The molecule has 2 N–H and O–H groups in total. The molecule has 4 aromatic rings. The predicted octanol–water partition coefficient (Wildman–Crippen LogP) is 4.63. The number of nitrogens with zero attached hydrogens (tertiary/aromatic N) is 2. The van der Waals surface area contributed by atoms with Crippen LogP contribution in [0.3, 0.4) is 0 Å². The lowest BCUT2D eigenvalue weighted by atomic mass is 9.97. The maximum atomic E-state index is 13.0. The van der Waals surface area contributed by atoms with Crippen molar-refractivity contribution < 1.29 is 9.53 Å². The molecule has 31 heavy (non-hydrogen) atoms. The minimum Gasteiger partial charge on any atom is -0.378 e. The molecular formula is C25H24N4O2. The fourth-order valence-corrected chi connectivity index (χ4v) is 3.99. The molecule has 2 heterocycles. The summed E-state index contributed by atoms with van der Waals surface area (Å²) in [4.78, 5) is 15.3. The molecule has 3 aromatic carbocycles. The molecular weight excluding hydrogens is 388 g/mol. The highest BCUT2D eigenvalue weighted by molar-refractivity contribution is 6.05. The van der Waals surface area contributed by atoms with E-state index in [0.717, 1.165) is 65.3 Å². The fourth-order valence-electron chi connectivity index (χ4n) is 3.99. The average Bonchev–Trinajstić information content (AvgIpc) is 3.28. The van der Waals surface area contributed by atoms with E-state index in [2.05, 4.69) is 45.5 Å². The van der Waals surface area contributed by atoms with Crippen LogP contribution in [0.2, 0.25) is 0 Å². The predicted molar refractivity (Wildman–Crippen MR) is 124 cm³/mol.